The molecule has 3 nitrogen and oxygen atoms in total. The summed E-state index contributed by atoms with van der Waals surface area (Å²) in [5.41, 5.74) is 0. The predicted molar refractivity (Wildman–Crippen MR) is 113 cm³/mol. The molecule has 5 heteroatoms. The zero-order chi connectivity index (χ0) is 19.0. The highest BCUT2D eigenvalue weighted by atomic mass is 28.4. The van der Waals surface area contributed by atoms with Crippen LogP contribution < -0.4 is 10.4 Å². The summed E-state index contributed by atoms with van der Waals surface area (Å²) in [6.45, 7) is 10.5. The lowest BCUT2D eigenvalue weighted by Gasteiger charge is -2.38. The van der Waals surface area contributed by atoms with Gasteiger partial charge < -0.3 is 8.85 Å². The van der Waals surface area contributed by atoms with Gasteiger partial charge in [0.25, 0.3) is 0 Å². The first-order valence-electron chi connectivity index (χ1n) is 8.98. The Kier molecular flexibility index (Phi) is 7.14. The van der Waals surface area contributed by atoms with Gasteiger partial charge in [-0.05, 0) is 42.5 Å². The molecule has 0 aromatic heterocycles. The van der Waals surface area contributed by atoms with Crippen molar-refractivity contribution < 1.29 is 13.6 Å². The Bertz CT molecular complexity index is 670. The highest BCUT2D eigenvalue weighted by Crippen LogP contribution is 2.21. The second kappa shape index (κ2) is 9.12. The van der Waals surface area contributed by atoms with E-state index >= 15 is 0 Å². The van der Waals surface area contributed by atoms with Crippen molar-refractivity contribution in [2.24, 2.45) is 0 Å². The van der Waals surface area contributed by atoms with Crippen LogP contribution in [0.2, 0.25) is 25.7 Å². The number of rotatable bonds is 9. The quantitative estimate of drug-likeness (QED) is 0.286. The minimum atomic E-state index is -2.42. The molecule has 0 amide bonds. The highest BCUT2D eigenvalue weighted by Gasteiger charge is 2.42. The van der Waals surface area contributed by atoms with Gasteiger partial charge in [-0.15, -0.1) is 0 Å². The number of ether oxygens (including phenoxy) is 1. The Labute approximate surface area is 158 Å². The zero-order valence-electron chi connectivity index (χ0n) is 15.9. The van der Waals surface area contributed by atoms with Crippen molar-refractivity contribution in [2.75, 3.05) is 6.61 Å². The molecule has 0 N–H and O–H groups in total. The Morgan fingerprint density at radius 3 is 1.88 bits per heavy atom. The van der Waals surface area contributed by atoms with Crippen molar-refractivity contribution in [3.63, 3.8) is 0 Å². The van der Waals surface area contributed by atoms with Crippen LogP contribution in [0.5, 0.6) is 0 Å². The number of hydrogen-bond donors (Lipinski definition) is 0. The molecule has 0 atom stereocenters. The molecule has 0 spiro atoms. The van der Waals surface area contributed by atoms with E-state index in [0.717, 1.165) is 12.5 Å². The summed E-state index contributed by atoms with van der Waals surface area (Å²) >= 11 is 0. The van der Waals surface area contributed by atoms with Gasteiger partial charge in [0.05, 0.1) is 6.61 Å². The fourth-order valence-electron chi connectivity index (χ4n) is 3.11. The average Bonchev–Trinajstić information content (AvgIpc) is 2.64. The first-order valence-corrected chi connectivity index (χ1v) is 14.5. The summed E-state index contributed by atoms with van der Waals surface area (Å²) in [6.07, 6.45) is 1.97. The lowest BCUT2D eigenvalue weighted by Crippen LogP contribution is -2.64. The summed E-state index contributed by atoms with van der Waals surface area (Å²) in [4.78, 5) is 11.4. The molecule has 0 radical (unpaired) electrons. The van der Waals surface area contributed by atoms with Gasteiger partial charge in [0.2, 0.25) is 8.32 Å². The third-order valence-electron chi connectivity index (χ3n) is 4.04. The van der Waals surface area contributed by atoms with Crippen LogP contribution in [-0.2, 0) is 13.6 Å². The van der Waals surface area contributed by atoms with Gasteiger partial charge in [-0.2, -0.15) is 0 Å². The SMILES string of the molecule is C=CC(=O)OCCC[Si](O[Si](C)(C)C)(c1ccccc1)c1ccccc1. The first-order chi connectivity index (χ1) is 12.4. The third kappa shape index (κ3) is 5.52. The molecule has 0 saturated heterocycles. The van der Waals surface area contributed by atoms with E-state index < -0.39 is 16.6 Å². The molecular formula is C21H28O3Si2. The van der Waals surface area contributed by atoms with Crippen LogP contribution in [0.15, 0.2) is 73.3 Å². The van der Waals surface area contributed by atoms with E-state index in [-0.39, 0.29) is 5.97 Å². The van der Waals surface area contributed by atoms with Crippen LogP contribution in [0.4, 0.5) is 0 Å². The Morgan fingerprint density at radius 1 is 0.962 bits per heavy atom. The molecule has 138 valence electrons. The molecule has 2 aromatic rings. The van der Waals surface area contributed by atoms with Crippen molar-refractivity contribution in [3.8, 4) is 0 Å². The number of carbonyl (C=O) groups excluding carboxylic acids is 1. The van der Waals surface area contributed by atoms with Gasteiger partial charge in [-0.1, -0.05) is 67.2 Å². The highest BCUT2D eigenvalue weighted by molar-refractivity contribution is 7.02. The van der Waals surface area contributed by atoms with Gasteiger partial charge in [0.1, 0.15) is 0 Å². The smallest absolute Gasteiger partial charge is 0.330 e. The molecular weight excluding hydrogens is 356 g/mol. The molecule has 0 heterocycles. The minimum Gasteiger partial charge on any atom is -0.463 e. The van der Waals surface area contributed by atoms with Crippen molar-refractivity contribution in [1.82, 2.24) is 0 Å². The van der Waals surface area contributed by atoms with E-state index in [2.05, 4.69) is 74.8 Å². The van der Waals surface area contributed by atoms with Crippen molar-refractivity contribution in [1.29, 1.82) is 0 Å². The number of carbonyl (C=O) groups is 1. The maximum absolute atomic E-state index is 11.4. The topological polar surface area (TPSA) is 35.5 Å². The molecule has 0 fully saturated rings. The fraction of sp³-hybridized carbons (Fsp3) is 0.286. The molecule has 0 bridgehead atoms. The Morgan fingerprint density at radius 2 is 1.46 bits per heavy atom. The normalized spacial score (nSPS) is 11.8. The standard InChI is InChI=1S/C21H28O3Si2/c1-5-21(22)23-17-12-18-26(24-25(2,3)4,19-13-8-6-9-14-19)20-15-10-7-11-16-20/h5-11,13-16H,1,12,17-18H2,2-4H3. The van der Waals surface area contributed by atoms with Crippen LogP contribution in [-0.4, -0.2) is 29.2 Å². The van der Waals surface area contributed by atoms with Crippen LogP contribution >= 0.6 is 0 Å². The van der Waals surface area contributed by atoms with Gasteiger partial charge in [0, 0.05) is 6.08 Å². The van der Waals surface area contributed by atoms with Crippen molar-refractivity contribution >= 4 is 33.0 Å². The lowest BCUT2D eigenvalue weighted by atomic mass is 10.4. The second-order valence-electron chi connectivity index (χ2n) is 7.25. The van der Waals surface area contributed by atoms with E-state index in [1.54, 1.807) is 0 Å². The van der Waals surface area contributed by atoms with Crippen LogP contribution in [0.25, 0.3) is 0 Å². The van der Waals surface area contributed by atoms with Gasteiger partial charge in [-0.3, -0.25) is 0 Å². The molecule has 0 aliphatic carbocycles. The predicted octanol–water partition coefficient (Wildman–Crippen LogP) is 3.72. The van der Waals surface area contributed by atoms with Gasteiger partial charge in [-0.25, -0.2) is 4.79 Å². The van der Waals surface area contributed by atoms with Gasteiger partial charge >= 0.3 is 5.97 Å². The molecule has 0 aliphatic heterocycles. The van der Waals surface area contributed by atoms with Gasteiger partial charge in [0.15, 0.2) is 8.32 Å². The average molecular weight is 385 g/mol. The number of esters is 1. The first kappa shape index (κ1) is 20.4. The van der Waals surface area contributed by atoms with Crippen LogP contribution in [0.1, 0.15) is 6.42 Å². The third-order valence-corrected chi connectivity index (χ3v) is 11.5. The Balaban J connectivity index is 2.40. The van der Waals surface area contributed by atoms with E-state index in [4.69, 9.17) is 8.85 Å². The van der Waals surface area contributed by atoms with E-state index in [1.807, 2.05) is 12.1 Å². The van der Waals surface area contributed by atoms with Crippen LogP contribution in [0.3, 0.4) is 0 Å². The molecule has 0 saturated carbocycles. The number of hydrogen-bond acceptors (Lipinski definition) is 3. The second-order valence-corrected chi connectivity index (χ2v) is 15.6. The molecule has 0 unspecified atom stereocenters. The summed E-state index contributed by atoms with van der Waals surface area (Å²) in [7, 11) is -4.23. The largest absolute Gasteiger partial charge is 0.463 e. The monoisotopic (exact) mass is 384 g/mol. The fourth-order valence-corrected chi connectivity index (χ4v) is 11.7. The summed E-state index contributed by atoms with van der Waals surface area (Å²) < 4.78 is 12.2. The summed E-state index contributed by atoms with van der Waals surface area (Å²) in [5.74, 6) is -0.372. The zero-order valence-corrected chi connectivity index (χ0v) is 17.9. The van der Waals surface area contributed by atoms with E-state index in [9.17, 15) is 4.79 Å². The van der Waals surface area contributed by atoms with Crippen molar-refractivity contribution in [2.45, 2.75) is 32.1 Å². The maximum Gasteiger partial charge on any atom is 0.330 e. The lowest BCUT2D eigenvalue weighted by molar-refractivity contribution is -0.137. The Hall–Kier alpha value is -1.96. The summed E-state index contributed by atoms with van der Waals surface area (Å²) in [5, 5.41) is 2.53. The van der Waals surface area contributed by atoms with Crippen LogP contribution in [0, 0.1) is 0 Å². The molecule has 26 heavy (non-hydrogen) atoms. The van der Waals surface area contributed by atoms with E-state index in [0.29, 0.717) is 6.61 Å². The maximum atomic E-state index is 11.4. The van der Waals surface area contributed by atoms with E-state index in [1.165, 1.54) is 16.4 Å². The molecule has 2 aromatic carbocycles. The van der Waals surface area contributed by atoms with Crippen molar-refractivity contribution in [3.05, 3.63) is 73.3 Å². The number of benzene rings is 2. The molecule has 0 aliphatic rings. The molecule has 2 rings (SSSR count). The minimum absolute atomic E-state index is 0.372. The summed E-state index contributed by atoms with van der Waals surface area (Å²) in [6, 6.07) is 21.9.